The lowest BCUT2D eigenvalue weighted by molar-refractivity contribution is -0.140. The molecule has 1 aromatic carbocycles. The molecule has 4 heteroatoms. The zero-order valence-corrected chi connectivity index (χ0v) is 15.9. The van der Waals surface area contributed by atoms with Crippen molar-refractivity contribution in [1.82, 2.24) is 4.90 Å². The first-order valence-corrected chi connectivity index (χ1v) is 10.2. The van der Waals surface area contributed by atoms with Gasteiger partial charge in [-0.2, -0.15) is 0 Å². The van der Waals surface area contributed by atoms with Crippen LogP contribution in [-0.2, 0) is 10.2 Å². The topological polar surface area (TPSA) is 40.5 Å². The Morgan fingerprint density at radius 1 is 1.23 bits per heavy atom. The fraction of sp³-hybridized carbons (Fsp3) is 0.682. The molecule has 2 fully saturated rings. The van der Waals surface area contributed by atoms with Crippen LogP contribution in [0.1, 0.15) is 70.3 Å². The number of nitrogens with zero attached hydrogens (tertiary/aromatic N) is 1. The summed E-state index contributed by atoms with van der Waals surface area (Å²) in [4.78, 5) is 15.2. The molecule has 1 aliphatic heterocycles. The van der Waals surface area contributed by atoms with Gasteiger partial charge in [-0.25, -0.2) is 4.39 Å². The summed E-state index contributed by atoms with van der Waals surface area (Å²) in [7, 11) is 0. The molecule has 0 radical (unpaired) electrons. The molecule has 3 nitrogen and oxygen atoms in total. The van der Waals surface area contributed by atoms with E-state index in [4.69, 9.17) is 0 Å². The normalized spacial score (nSPS) is 26.1. The first-order chi connectivity index (χ1) is 12.6. The van der Waals surface area contributed by atoms with E-state index in [1.165, 1.54) is 44.2 Å². The van der Waals surface area contributed by atoms with E-state index < -0.39 is 0 Å². The number of hydrogen-bond acceptors (Lipinski definition) is 2. The van der Waals surface area contributed by atoms with Gasteiger partial charge < -0.3 is 10.0 Å². The molecule has 1 aliphatic carbocycles. The maximum Gasteiger partial charge on any atom is 0.223 e. The van der Waals surface area contributed by atoms with E-state index in [9.17, 15) is 14.3 Å². The first kappa shape index (κ1) is 19.3. The summed E-state index contributed by atoms with van der Waals surface area (Å²) < 4.78 is 13.4. The van der Waals surface area contributed by atoms with E-state index in [0.29, 0.717) is 24.8 Å². The van der Waals surface area contributed by atoms with Crippen molar-refractivity contribution in [3.8, 4) is 0 Å². The summed E-state index contributed by atoms with van der Waals surface area (Å²) in [5.74, 6) is 0.598. The van der Waals surface area contributed by atoms with Crippen LogP contribution in [0, 0.1) is 11.7 Å². The molecule has 2 atom stereocenters. The summed E-state index contributed by atoms with van der Waals surface area (Å²) in [6.45, 7) is 3.10. The van der Waals surface area contributed by atoms with E-state index in [0.717, 1.165) is 24.9 Å². The predicted molar refractivity (Wildman–Crippen MR) is 101 cm³/mol. The van der Waals surface area contributed by atoms with Gasteiger partial charge in [0.1, 0.15) is 5.82 Å². The SMILES string of the molecule is C[C@@H](C1CCCCC1)N1CC[C@](CCCO)(c2ccc(F)cc2)CC1=O. The Bertz CT molecular complexity index is 597. The molecule has 3 rings (SSSR count). The van der Waals surface area contributed by atoms with E-state index in [1.807, 2.05) is 12.1 Å². The van der Waals surface area contributed by atoms with Crippen molar-refractivity contribution in [1.29, 1.82) is 0 Å². The van der Waals surface area contributed by atoms with Crippen LogP contribution in [0.3, 0.4) is 0 Å². The molecule has 1 saturated carbocycles. The summed E-state index contributed by atoms with van der Waals surface area (Å²) in [6, 6.07) is 6.92. The second-order valence-corrected chi connectivity index (χ2v) is 8.27. The van der Waals surface area contributed by atoms with Gasteiger partial charge in [0.05, 0.1) is 0 Å². The molecular formula is C22H32FNO2. The molecule has 1 amide bonds. The van der Waals surface area contributed by atoms with Crippen molar-refractivity contribution in [3.63, 3.8) is 0 Å². The Labute approximate surface area is 156 Å². The van der Waals surface area contributed by atoms with Crippen LogP contribution >= 0.6 is 0 Å². The highest BCUT2D eigenvalue weighted by molar-refractivity contribution is 5.79. The van der Waals surface area contributed by atoms with Gasteiger partial charge in [-0.3, -0.25) is 4.79 Å². The van der Waals surface area contributed by atoms with Crippen molar-refractivity contribution < 1.29 is 14.3 Å². The molecule has 0 spiro atoms. The molecule has 26 heavy (non-hydrogen) atoms. The lowest BCUT2D eigenvalue weighted by Gasteiger charge is -2.46. The van der Waals surface area contributed by atoms with Crippen LogP contribution in [0.5, 0.6) is 0 Å². The van der Waals surface area contributed by atoms with Crippen LogP contribution in [0.4, 0.5) is 4.39 Å². The average Bonchev–Trinajstić information content (AvgIpc) is 2.67. The number of likely N-dealkylation sites (tertiary alicyclic amines) is 1. The van der Waals surface area contributed by atoms with Crippen LogP contribution in [0.2, 0.25) is 0 Å². The Morgan fingerprint density at radius 3 is 2.54 bits per heavy atom. The second-order valence-electron chi connectivity index (χ2n) is 8.27. The minimum Gasteiger partial charge on any atom is -0.396 e. The van der Waals surface area contributed by atoms with E-state index >= 15 is 0 Å². The standard InChI is InChI=1S/C22H32FNO2/c1-17(18-6-3-2-4-7-18)24-14-13-22(12-5-15-25,16-21(24)26)19-8-10-20(23)11-9-19/h8-11,17-18,25H,2-7,12-16H2,1H3/t17-,22-/m0/s1. The Hall–Kier alpha value is -1.42. The molecule has 1 N–H and O–H groups in total. The number of aliphatic hydroxyl groups excluding tert-OH is 1. The van der Waals surface area contributed by atoms with Gasteiger partial charge in [-0.15, -0.1) is 0 Å². The summed E-state index contributed by atoms with van der Waals surface area (Å²) in [5.41, 5.74) is 0.765. The average molecular weight is 362 g/mol. The van der Waals surface area contributed by atoms with Gasteiger partial charge in [0, 0.05) is 31.0 Å². The molecule has 0 unspecified atom stereocenters. The summed E-state index contributed by atoms with van der Waals surface area (Å²) in [5, 5.41) is 9.32. The summed E-state index contributed by atoms with van der Waals surface area (Å²) >= 11 is 0. The van der Waals surface area contributed by atoms with Gasteiger partial charge in [0.25, 0.3) is 0 Å². The van der Waals surface area contributed by atoms with Crippen molar-refractivity contribution >= 4 is 5.91 Å². The Morgan fingerprint density at radius 2 is 1.92 bits per heavy atom. The van der Waals surface area contributed by atoms with Crippen LogP contribution < -0.4 is 0 Å². The predicted octanol–water partition coefficient (Wildman–Crippen LogP) is 4.43. The lowest BCUT2D eigenvalue weighted by Crippen LogP contribution is -2.52. The second kappa shape index (κ2) is 8.51. The van der Waals surface area contributed by atoms with Crippen LogP contribution in [0.15, 0.2) is 24.3 Å². The number of hydrogen-bond donors (Lipinski definition) is 1. The van der Waals surface area contributed by atoms with Gasteiger partial charge in [0.2, 0.25) is 5.91 Å². The van der Waals surface area contributed by atoms with Crippen LogP contribution in [-0.4, -0.2) is 35.1 Å². The van der Waals surface area contributed by atoms with Gasteiger partial charge in [-0.05, 0) is 62.6 Å². The van der Waals surface area contributed by atoms with E-state index in [-0.39, 0.29) is 23.7 Å². The third-order valence-electron chi connectivity index (χ3n) is 6.73. The molecule has 144 valence electrons. The first-order valence-electron chi connectivity index (χ1n) is 10.2. The number of halogens is 1. The Balaban J connectivity index is 1.75. The fourth-order valence-corrected chi connectivity index (χ4v) is 5.07. The number of rotatable bonds is 6. The smallest absolute Gasteiger partial charge is 0.223 e. The van der Waals surface area contributed by atoms with Crippen molar-refractivity contribution in [2.45, 2.75) is 76.2 Å². The fourth-order valence-electron chi connectivity index (χ4n) is 5.07. The lowest BCUT2D eigenvalue weighted by atomic mass is 9.69. The van der Waals surface area contributed by atoms with Crippen LogP contribution in [0.25, 0.3) is 0 Å². The van der Waals surface area contributed by atoms with Gasteiger partial charge in [-0.1, -0.05) is 31.4 Å². The number of carbonyl (C=O) groups is 1. The quantitative estimate of drug-likeness (QED) is 0.814. The maximum atomic E-state index is 13.4. The molecule has 0 aromatic heterocycles. The third-order valence-corrected chi connectivity index (χ3v) is 6.73. The largest absolute Gasteiger partial charge is 0.396 e. The third kappa shape index (κ3) is 4.11. The molecule has 1 aromatic rings. The number of aliphatic hydroxyl groups is 1. The number of carbonyl (C=O) groups excluding carboxylic acids is 1. The number of piperidine rings is 1. The zero-order chi connectivity index (χ0) is 18.6. The molecule has 0 bridgehead atoms. The van der Waals surface area contributed by atoms with E-state index in [2.05, 4.69) is 11.8 Å². The maximum absolute atomic E-state index is 13.4. The minimum atomic E-state index is -0.268. The van der Waals surface area contributed by atoms with Crippen molar-refractivity contribution in [2.75, 3.05) is 13.2 Å². The molecule has 1 heterocycles. The van der Waals surface area contributed by atoms with Gasteiger partial charge in [0.15, 0.2) is 0 Å². The van der Waals surface area contributed by atoms with Crippen molar-refractivity contribution in [2.24, 2.45) is 5.92 Å². The number of benzene rings is 1. The monoisotopic (exact) mass is 361 g/mol. The highest BCUT2D eigenvalue weighted by Crippen LogP contribution is 2.42. The Kier molecular flexibility index (Phi) is 6.33. The van der Waals surface area contributed by atoms with Crippen molar-refractivity contribution in [3.05, 3.63) is 35.6 Å². The minimum absolute atomic E-state index is 0.124. The molecular weight excluding hydrogens is 329 g/mol. The van der Waals surface area contributed by atoms with E-state index in [1.54, 1.807) is 0 Å². The highest BCUT2D eigenvalue weighted by Gasteiger charge is 2.42. The summed E-state index contributed by atoms with van der Waals surface area (Å²) in [6.07, 6.45) is 9.16. The molecule has 1 saturated heterocycles. The highest BCUT2D eigenvalue weighted by atomic mass is 19.1. The number of amides is 1. The zero-order valence-electron chi connectivity index (χ0n) is 15.9. The van der Waals surface area contributed by atoms with Gasteiger partial charge >= 0.3 is 0 Å². The molecule has 2 aliphatic rings.